The highest BCUT2D eigenvalue weighted by atomic mass is 16.5. The highest BCUT2D eigenvalue weighted by molar-refractivity contribution is 5.86. The van der Waals surface area contributed by atoms with Crippen LogP contribution < -0.4 is 5.73 Å². The van der Waals surface area contributed by atoms with Crippen molar-refractivity contribution in [2.45, 2.75) is 25.3 Å². The number of nitrogens with zero attached hydrogens (tertiary/aromatic N) is 1. The Morgan fingerprint density at radius 1 is 1.43 bits per heavy atom. The van der Waals surface area contributed by atoms with Crippen LogP contribution in [-0.4, -0.2) is 42.6 Å². The lowest BCUT2D eigenvalue weighted by molar-refractivity contribution is -0.141. The molecule has 0 radical (unpaired) electrons. The lowest BCUT2D eigenvalue weighted by atomic mass is 9.95. The second-order valence-corrected chi connectivity index (χ2v) is 4.46. The van der Waals surface area contributed by atoms with Gasteiger partial charge < -0.3 is 15.4 Å². The molecule has 2 aliphatic rings. The first kappa shape index (κ1) is 9.93. The number of carbonyl (C=O) groups excluding carboxylic acids is 1. The molecule has 1 unspecified atom stereocenters. The molecule has 0 bridgehead atoms. The van der Waals surface area contributed by atoms with E-state index in [9.17, 15) is 4.79 Å². The molecule has 2 fully saturated rings. The monoisotopic (exact) mass is 198 g/mol. The number of hydrogen-bond acceptors (Lipinski definition) is 3. The topological polar surface area (TPSA) is 55.6 Å². The fourth-order valence-corrected chi connectivity index (χ4v) is 1.96. The van der Waals surface area contributed by atoms with Crippen LogP contribution in [0.4, 0.5) is 0 Å². The van der Waals surface area contributed by atoms with Crippen LogP contribution in [0.5, 0.6) is 0 Å². The van der Waals surface area contributed by atoms with Crippen LogP contribution in [0.15, 0.2) is 0 Å². The lowest BCUT2D eigenvalue weighted by Gasteiger charge is -2.34. The molecule has 0 aromatic carbocycles. The lowest BCUT2D eigenvalue weighted by Crippen LogP contribution is -2.57. The van der Waals surface area contributed by atoms with Gasteiger partial charge in [-0.25, -0.2) is 0 Å². The number of hydrogen-bond donors (Lipinski definition) is 1. The first-order chi connectivity index (χ1) is 6.62. The second-order valence-electron chi connectivity index (χ2n) is 4.46. The molecule has 1 aliphatic carbocycles. The van der Waals surface area contributed by atoms with Crippen LogP contribution in [-0.2, 0) is 9.53 Å². The number of carbonyl (C=O) groups is 1. The Kier molecular flexibility index (Phi) is 2.49. The van der Waals surface area contributed by atoms with E-state index in [-0.39, 0.29) is 5.91 Å². The van der Waals surface area contributed by atoms with Gasteiger partial charge in [0.1, 0.15) is 0 Å². The van der Waals surface area contributed by atoms with E-state index in [4.69, 9.17) is 10.5 Å². The third kappa shape index (κ3) is 1.77. The number of morpholine rings is 1. The predicted molar refractivity (Wildman–Crippen MR) is 52.7 cm³/mol. The van der Waals surface area contributed by atoms with Crippen LogP contribution >= 0.6 is 0 Å². The summed E-state index contributed by atoms with van der Waals surface area (Å²) in [6.07, 6.45) is 2.20. The van der Waals surface area contributed by atoms with E-state index in [2.05, 4.69) is 0 Å². The summed E-state index contributed by atoms with van der Waals surface area (Å²) in [5.74, 6) is 0.501. The molecule has 1 atom stereocenters. The summed E-state index contributed by atoms with van der Waals surface area (Å²) in [5.41, 5.74) is 5.42. The van der Waals surface area contributed by atoms with Crippen LogP contribution in [0.3, 0.4) is 0 Å². The molecular formula is C10H18N2O2. The van der Waals surface area contributed by atoms with Crippen molar-refractivity contribution in [1.29, 1.82) is 0 Å². The maximum atomic E-state index is 12.0. The zero-order valence-corrected chi connectivity index (χ0v) is 8.66. The van der Waals surface area contributed by atoms with E-state index < -0.39 is 5.54 Å². The van der Waals surface area contributed by atoms with Crippen molar-refractivity contribution < 1.29 is 9.53 Å². The van der Waals surface area contributed by atoms with E-state index in [0.29, 0.717) is 32.2 Å². The Labute approximate surface area is 84.4 Å². The molecule has 14 heavy (non-hydrogen) atoms. The van der Waals surface area contributed by atoms with Gasteiger partial charge in [0.25, 0.3) is 0 Å². The van der Waals surface area contributed by atoms with Crippen LogP contribution in [0.25, 0.3) is 0 Å². The fourth-order valence-electron chi connectivity index (χ4n) is 1.96. The SMILES string of the molecule is CC(N)(C(=O)N1CCOCC1)C1CC1. The van der Waals surface area contributed by atoms with Gasteiger partial charge in [0.05, 0.1) is 18.8 Å². The molecule has 1 amide bonds. The first-order valence-electron chi connectivity index (χ1n) is 5.28. The number of rotatable bonds is 2. The van der Waals surface area contributed by atoms with E-state index in [1.165, 1.54) is 0 Å². The Hall–Kier alpha value is -0.610. The normalized spacial score (nSPS) is 27.1. The summed E-state index contributed by atoms with van der Waals surface area (Å²) in [7, 11) is 0. The highest BCUT2D eigenvalue weighted by Gasteiger charge is 2.45. The Bertz CT molecular complexity index is 230. The molecule has 0 spiro atoms. The zero-order valence-electron chi connectivity index (χ0n) is 8.66. The van der Waals surface area contributed by atoms with Crippen LogP contribution in [0, 0.1) is 5.92 Å². The molecule has 2 rings (SSSR count). The summed E-state index contributed by atoms with van der Waals surface area (Å²) in [4.78, 5) is 13.9. The summed E-state index contributed by atoms with van der Waals surface area (Å²) in [6.45, 7) is 4.54. The van der Waals surface area contributed by atoms with Gasteiger partial charge in [0, 0.05) is 13.1 Å². The van der Waals surface area contributed by atoms with Crippen molar-refractivity contribution in [2.24, 2.45) is 11.7 Å². The minimum absolute atomic E-state index is 0.100. The molecule has 1 saturated heterocycles. The molecule has 0 aromatic rings. The van der Waals surface area contributed by atoms with Crippen molar-refractivity contribution in [3.05, 3.63) is 0 Å². The maximum Gasteiger partial charge on any atom is 0.242 e. The predicted octanol–water partition coefficient (Wildman–Crippen LogP) is -0.0274. The van der Waals surface area contributed by atoms with Crippen molar-refractivity contribution in [3.63, 3.8) is 0 Å². The molecule has 1 aliphatic heterocycles. The minimum atomic E-state index is -0.642. The number of ether oxygens (including phenoxy) is 1. The molecule has 4 heteroatoms. The molecular weight excluding hydrogens is 180 g/mol. The van der Waals surface area contributed by atoms with Crippen molar-refractivity contribution in [3.8, 4) is 0 Å². The maximum absolute atomic E-state index is 12.0. The van der Waals surface area contributed by atoms with Gasteiger partial charge in [-0.05, 0) is 25.7 Å². The van der Waals surface area contributed by atoms with Gasteiger partial charge in [-0.15, -0.1) is 0 Å². The third-order valence-electron chi connectivity index (χ3n) is 3.18. The number of nitrogens with two attached hydrogens (primary N) is 1. The van der Waals surface area contributed by atoms with E-state index >= 15 is 0 Å². The Morgan fingerprint density at radius 2 is 2.00 bits per heavy atom. The smallest absolute Gasteiger partial charge is 0.242 e. The third-order valence-corrected chi connectivity index (χ3v) is 3.18. The summed E-state index contributed by atoms with van der Waals surface area (Å²) in [5, 5.41) is 0. The first-order valence-corrected chi connectivity index (χ1v) is 5.28. The molecule has 0 aromatic heterocycles. The summed E-state index contributed by atoms with van der Waals surface area (Å²) >= 11 is 0. The Morgan fingerprint density at radius 3 is 2.50 bits per heavy atom. The van der Waals surface area contributed by atoms with Crippen LogP contribution in [0.2, 0.25) is 0 Å². The highest BCUT2D eigenvalue weighted by Crippen LogP contribution is 2.38. The van der Waals surface area contributed by atoms with E-state index in [0.717, 1.165) is 12.8 Å². The van der Waals surface area contributed by atoms with Crippen molar-refractivity contribution >= 4 is 5.91 Å². The van der Waals surface area contributed by atoms with E-state index in [1.807, 2.05) is 11.8 Å². The van der Waals surface area contributed by atoms with Gasteiger partial charge in [-0.1, -0.05) is 0 Å². The fraction of sp³-hybridized carbons (Fsp3) is 0.900. The molecule has 4 nitrogen and oxygen atoms in total. The number of amides is 1. The van der Waals surface area contributed by atoms with Gasteiger partial charge in [0.2, 0.25) is 5.91 Å². The molecule has 1 saturated carbocycles. The van der Waals surface area contributed by atoms with Gasteiger partial charge in [-0.2, -0.15) is 0 Å². The molecule has 2 N–H and O–H groups in total. The zero-order chi connectivity index (χ0) is 10.2. The van der Waals surface area contributed by atoms with Gasteiger partial charge >= 0.3 is 0 Å². The average Bonchev–Trinajstić information content (AvgIpc) is 3.01. The second kappa shape index (κ2) is 3.51. The van der Waals surface area contributed by atoms with Crippen LogP contribution in [0.1, 0.15) is 19.8 Å². The molecule has 1 heterocycles. The van der Waals surface area contributed by atoms with E-state index in [1.54, 1.807) is 0 Å². The van der Waals surface area contributed by atoms with Crippen molar-refractivity contribution in [2.75, 3.05) is 26.3 Å². The van der Waals surface area contributed by atoms with Crippen molar-refractivity contribution in [1.82, 2.24) is 4.90 Å². The quantitative estimate of drug-likeness (QED) is 0.678. The summed E-state index contributed by atoms with van der Waals surface area (Å²) in [6, 6.07) is 0. The summed E-state index contributed by atoms with van der Waals surface area (Å²) < 4.78 is 5.20. The largest absolute Gasteiger partial charge is 0.378 e. The Balaban J connectivity index is 1.98. The van der Waals surface area contributed by atoms with Gasteiger partial charge in [0.15, 0.2) is 0 Å². The minimum Gasteiger partial charge on any atom is -0.378 e. The average molecular weight is 198 g/mol. The standard InChI is InChI=1S/C10H18N2O2/c1-10(11,8-2-3-8)9(13)12-4-6-14-7-5-12/h8H,2-7,11H2,1H3. The molecule has 80 valence electrons. The van der Waals surface area contributed by atoms with Gasteiger partial charge in [-0.3, -0.25) is 4.79 Å².